The number of ether oxygens (including phenoxy) is 1. The van der Waals surface area contributed by atoms with E-state index in [0.717, 1.165) is 45.4 Å². The van der Waals surface area contributed by atoms with Crippen LogP contribution in [0.15, 0.2) is 4.99 Å². The number of carbonyl (C=O) groups excluding carboxylic acids is 1. The van der Waals surface area contributed by atoms with Crippen LogP contribution in [0.2, 0.25) is 0 Å². The Morgan fingerprint density at radius 2 is 1.96 bits per heavy atom. The van der Waals surface area contributed by atoms with Gasteiger partial charge in [-0.1, -0.05) is 13.8 Å². The van der Waals surface area contributed by atoms with Crippen molar-refractivity contribution in [3.63, 3.8) is 0 Å². The van der Waals surface area contributed by atoms with Crippen molar-refractivity contribution < 1.29 is 9.53 Å². The number of hydrogen-bond acceptors (Lipinski definition) is 3. The highest BCUT2D eigenvalue weighted by Gasteiger charge is 2.26. The summed E-state index contributed by atoms with van der Waals surface area (Å²) >= 11 is 0. The van der Waals surface area contributed by atoms with Gasteiger partial charge in [-0.25, -0.2) is 4.79 Å². The van der Waals surface area contributed by atoms with Gasteiger partial charge in [0.2, 0.25) is 0 Å². The maximum absolute atomic E-state index is 12.0. The topological polar surface area (TPSA) is 80.0 Å². The van der Waals surface area contributed by atoms with Gasteiger partial charge in [-0.15, -0.1) is 0 Å². The van der Waals surface area contributed by atoms with Crippen LogP contribution in [-0.4, -0.2) is 48.7 Å². The lowest BCUT2D eigenvalue weighted by atomic mass is 9.97. The van der Waals surface area contributed by atoms with E-state index in [1.54, 1.807) is 4.90 Å². The van der Waals surface area contributed by atoms with E-state index in [1.165, 1.54) is 0 Å². The predicted molar refractivity (Wildman–Crippen MR) is 94.5 cm³/mol. The summed E-state index contributed by atoms with van der Waals surface area (Å²) in [5, 5.41) is 3.15. The minimum absolute atomic E-state index is 0.214. The first kappa shape index (κ1) is 19.6. The second-order valence-electron chi connectivity index (χ2n) is 7.75. The lowest BCUT2D eigenvalue weighted by molar-refractivity contribution is 0.0187. The van der Waals surface area contributed by atoms with E-state index >= 15 is 0 Å². The smallest absolute Gasteiger partial charge is 0.410 e. The average Bonchev–Trinajstić information content (AvgIpc) is 2.43. The van der Waals surface area contributed by atoms with Crippen molar-refractivity contribution in [3.8, 4) is 0 Å². The van der Waals surface area contributed by atoms with Crippen LogP contribution in [-0.2, 0) is 4.74 Å². The van der Waals surface area contributed by atoms with Crippen LogP contribution in [0.5, 0.6) is 0 Å². The summed E-state index contributed by atoms with van der Waals surface area (Å²) in [4.78, 5) is 18.2. The number of amides is 1. The van der Waals surface area contributed by atoms with Gasteiger partial charge in [0.1, 0.15) is 5.60 Å². The first-order valence-electron chi connectivity index (χ1n) is 8.69. The Hall–Kier alpha value is -1.46. The molecular formula is C17H34N4O2. The third kappa shape index (κ3) is 8.67. The maximum Gasteiger partial charge on any atom is 0.410 e. The van der Waals surface area contributed by atoms with Gasteiger partial charge in [-0.2, -0.15) is 0 Å². The fraction of sp³-hybridized carbons (Fsp3) is 0.882. The van der Waals surface area contributed by atoms with Crippen molar-refractivity contribution >= 4 is 12.1 Å². The van der Waals surface area contributed by atoms with Crippen molar-refractivity contribution in [3.05, 3.63) is 0 Å². The lowest BCUT2D eigenvalue weighted by Crippen LogP contribution is -2.42. The number of likely N-dealkylation sites (tertiary alicyclic amines) is 1. The first-order valence-corrected chi connectivity index (χ1v) is 8.69. The zero-order valence-corrected chi connectivity index (χ0v) is 15.4. The normalized spacial score (nSPS) is 17.5. The van der Waals surface area contributed by atoms with Gasteiger partial charge < -0.3 is 20.7 Å². The molecule has 1 heterocycles. The van der Waals surface area contributed by atoms with Crippen LogP contribution in [0.1, 0.15) is 53.9 Å². The SMILES string of the molecule is CC(C)CCNC(N)=NCC1CCN(C(=O)OC(C)(C)C)CC1. The molecule has 1 saturated heterocycles. The second-order valence-corrected chi connectivity index (χ2v) is 7.75. The average molecular weight is 326 g/mol. The summed E-state index contributed by atoms with van der Waals surface area (Å²) in [7, 11) is 0. The molecule has 1 fully saturated rings. The molecule has 6 nitrogen and oxygen atoms in total. The Balaban J connectivity index is 2.27. The molecule has 134 valence electrons. The summed E-state index contributed by atoms with van der Waals surface area (Å²) in [6.45, 7) is 13.1. The Kier molecular flexibility index (Phi) is 7.65. The van der Waals surface area contributed by atoms with Gasteiger partial charge in [0.15, 0.2) is 5.96 Å². The molecule has 0 aromatic carbocycles. The zero-order valence-electron chi connectivity index (χ0n) is 15.4. The van der Waals surface area contributed by atoms with E-state index in [9.17, 15) is 4.79 Å². The Bertz CT molecular complexity index is 394. The molecule has 0 saturated carbocycles. The number of aliphatic imine (C=N–C) groups is 1. The predicted octanol–water partition coefficient (Wildman–Crippen LogP) is 2.58. The molecule has 0 unspecified atom stereocenters. The highest BCUT2D eigenvalue weighted by molar-refractivity contribution is 5.77. The lowest BCUT2D eigenvalue weighted by Gasteiger charge is -2.33. The third-order valence-electron chi connectivity index (χ3n) is 3.81. The van der Waals surface area contributed by atoms with Crippen molar-refractivity contribution in [2.75, 3.05) is 26.2 Å². The minimum atomic E-state index is -0.436. The highest BCUT2D eigenvalue weighted by Crippen LogP contribution is 2.19. The largest absolute Gasteiger partial charge is 0.444 e. The number of carbonyl (C=O) groups is 1. The van der Waals surface area contributed by atoms with Crippen molar-refractivity contribution in [1.29, 1.82) is 0 Å². The molecule has 0 bridgehead atoms. The summed E-state index contributed by atoms with van der Waals surface area (Å²) in [5.41, 5.74) is 5.44. The fourth-order valence-corrected chi connectivity index (χ4v) is 2.40. The summed E-state index contributed by atoms with van der Waals surface area (Å²) in [5.74, 6) is 1.67. The number of piperidine rings is 1. The molecule has 1 rings (SSSR count). The summed E-state index contributed by atoms with van der Waals surface area (Å²) in [6, 6.07) is 0. The van der Waals surface area contributed by atoms with Crippen LogP contribution in [0, 0.1) is 11.8 Å². The number of nitrogens with two attached hydrogens (primary N) is 1. The number of rotatable bonds is 5. The molecule has 0 aliphatic carbocycles. The van der Waals surface area contributed by atoms with Gasteiger partial charge in [0.25, 0.3) is 0 Å². The number of nitrogens with zero attached hydrogens (tertiary/aromatic N) is 2. The Morgan fingerprint density at radius 1 is 1.35 bits per heavy atom. The Morgan fingerprint density at radius 3 is 2.48 bits per heavy atom. The molecule has 0 atom stereocenters. The molecule has 0 aromatic rings. The van der Waals surface area contributed by atoms with Gasteiger partial charge >= 0.3 is 6.09 Å². The molecule has 6 heteroatoms. The van der Waals surface area contributed by atoms with Crippen molar-refractivity contribution in [2.45, 2.75) is 59.5 Å². The van der Waals surface area contributed by atoms with E-state index in [2.05, 4.69) is 24.2 Å². The third-order valence-corrected chi connectivity index (χ3v) is 3.81. The number of hydrogen-bond donors (Lipinski definition) is 2. The van der Waals surface area contributed by atoms with E-state index in [1.807, 2.05) is 20.8 Å². The van der Waals surface area contributed by atoms with Crippen LogP contribution >= 0.6 is 0 Å². The molecule has 1 aliphatic rings. The molecule has 0 radical (unpaired) electrons. The highest BCUT2D eigenvalue weighted by atomic mass is 16.6. The first-order chi connectivity index (χ1) is 10.7. The fourth-order valence-electron chi connectivity index (χ4n) is 2.40. The summed E-state index contributed by atoms with van der Waals surface area (Å²) < 4.78 is 5.40. The molecule has 0 spiro atoms. The molecular weight excluding hydrogens is 292 g/mol. The standard InChI is InChI=1S/C17H34N4O2/c1-13(2)6-9-19-15(18)20-12-14-7-10-21(11-8-14)16(22)23-17(3,4)5/h13-14H,6-12H2,1-5H3,(H3,18,19,20). The van der Waals surface area contributed by atoms with Crippen LogP contribution < -0.4 is 11.1 Å². The van der Waals surface area contributed by atoms with Crippen molar-refractivity contribution in [2.24, 2.45) is 22.6 Å². The second kappa shape index (κ2) is 8.99. The summed E-state index contributed by atoms with van der Waals surface area (Å²) in [6.07, 6.45) is 2.77. The quantitative estimate of drug-likeness (QED) is 0.601. The molecule has 1 amide bonds. The van der Waals surface area contributed by atoms with Crippen molar-refractivity contribution in [1.82, 2.24) is 10.2 Å². The molecule has 0 aromatic heterocycles. The Labute approximate surface area is 140 Å². The van der Waals surface area contributed by atoms with Gasteiger partial charge in [-0.05, 0) is 51.9 Å². The minimum Gasteiger partial charge on any atom is -0.444 e. The number of nitrogens with one attached hydrogen (secondary N) is 1. The van der Waals surface area contributed by atoms with Gasteiger partial charge in [-0.3, -0.25) is 4.99 Å². The molecule has 23 heavy (non-hydrogen) atoms. The van der Waals surface area contributed by atoms with Crippen LogP contribution in [0.3, 0.4) is 0 Å². The number of guanidine groups is 1. The molecule has 3 N–H and O–H groups in total. The van der Waals surface area contributed by atoms with Gasteiger partial charge in [0, 0.05) is 26.2 Å². The monoisotopic (exact) mass is 326 g/mol. The van der Waals surface area contributed by atoms with Gasteiger partial charge in [0.05, 0.1) is 0 Å². The molecule has 1 aliphatic heterocycles. The van der Waals surface area contributed by atoms with E-state index in [0.29, 0.717) is 17.8 Å². The maximum atomic E-state index is 12.0. The van der Waals surface area contributed by atoms with E-state index in [-0.39, 0.29) is 6.09 Å². The van der Waals surface area contributed by atoms with E-state index < -0.39 is 5.60 Å². The van der Waals surface area contributed by atoms with Crippen LogP contribution in [0.25, 0.3) is 0 Å². The van der Waals surface area contributed by atoms with Crippen LogP contribution in [0.4, 0.5) is 4.79 Å². The zero-order chi connectivity index (χ0) is 17.5. The van der Waals surface area contributed by atoms with E-state index in [4.69, 9.17) is 10.5 Å².